The molecular formula is C13H17FN4O. The Hall–Kier alpha value is -2.11. The normalized spacial score (nSPS) is 19.0. The van der Waals surface area contributed by atoms with Gasteiger partial charge in [-0.25, -0.2) is 9.18 Å². The van der Waals surface area contributed by atoms with Crippen LogP contribution in [0, 0.1) is 17.1 Å². The molecule has 102 valence electrons. The summed E-state index contributed by atoms with van der Waals surface area (Å²) in [6.45, 7) is 1.07. The lowest BCUT2D eigenvalue weighted by Crippen LogP contribution is -2.45. The molecule has 1 unspecified atom stereocenters. The van der Waals surface area contributed by atoms with Gasteiger partial charge in [-0.15, -0.1) is 0 Å². The summed E-state index contributed by atoms with van der Waals surface area (Å²) in [5, 5.41) is 10.1. The van der Waals surface area contributed by atoms with E-state index in [4.69, 9.17) is 11.1 Å². The number of halogens is 1. The Bertz CT molecular complexity index is 491. The Kier molecular flexibility index (Phi) is 3.99. The second-order valence-electron chi connectivity index (χ2n) is 4.68. The monoisotopic (exact) mass is 264 g/mol. The second kappa shape index (κ2) is 5.69. The quantitative estimate of drug-likeness (QED) is 0.564. The van der Waals surface area contributed by atoms with Gasteiger partial charge in [-0.1, -0.05) is 6.07 Å². The van der Waals surface area contributed by atoms with Gasteiger partial charge in [0.05, 0.1) is 5.84 Å². The molecule has 0 aliphatic carbocycles. The maximum atomic E-state index is 13.0. The zero-order valence-electron chi connectivity index (χ0n) is 10.5. The molecule has 19 heavy (non-hydrogen) atoms. The number of likely N-dealkylation sites (tertiary alicyclic amines) is 1. The zero-order chi connectivity index (χ0) is 13.8. The number of carbonyl (C=O) groups is 1. The van der Waals surface area contributed by atoms with Crippen molar-refractivity contribution in [1.82, 2.24) is 4.90 Å². The first-order valence-corrected chi connectivity index (χ1v) is 6.21. The first-order chi connectivity index (χ1) is 9.06. The molecule has 1 saturated heterocycles. The van der Waals surface area contributed by atoms with Crippen LogP contribution in [0.3, 0.4) is 0 Å². The van der Waals surface area contributed by atoms with Gasteiger partial charge < -0.3 is 16.0 Å². The topological polar surface area (TPSA) is 82.2 Å². The molecule has 1 aromatic rings. The highest BCUT2D eigenvalue weighted by Crippen LogP contribution is 2.17. The molecule has 0 radical (unpaired) electrons. The summed E-state index contributed by atoms with van der Waals surface area (Å²) in [5.41, 5.74) is 5.90. The molecular weight excluding hydrogens is 247 g/mol. The molecule has 4 N–H and O–H groups in total. The van der Waals surface area contributed by atoms with E-state index in [9.17, 15) is 9.18 Å². The van der Waals surface area contributed by atoms with Gasteiger partial charge in [-0.05, 0) is 31.0 Å². The fourth-order valence-corrected chi connectivity index (χ4v) is 2.18. The van der Waals surface area contributed by atoms with E-state index in [0.717, 1.165) is 12.8 Å². The van der Waals surface area contributed by atoms with Gasteiger partial charge >= 0.3 is 6.03 Å². The smallest absolute Gasteiger partial charge is 0.321 e. The lowest BCUT2D eigenvalue weighted by atomic mass is 9.97. The third kappa shape index (κ3) is 3.43. The Morgan fingerprint density at radius 3 is 3.00 bits per heavy atom. The van der Waals surface area contributed by atoms with Crippen LogP contribution in [-0.4, -0.2) is 29.9 Å². The number of anilines is 1. The molecule has 2 rings (SSSR count). The molecule has 1 aliphatic rings. The number of piperidine rings is 1. The lowest BCUT2D eigenvalue weighted by Gasteiger charge is -2.32. The number of nitrogens with one attached hydrogen (secondary N) is 2. The molecule has 0 bridgehead atoms. The van der Waals surface area contributed by atoms with Gasteiger partial charge in [0.2, 0.25) is 0 Å². The Morgan fingerprint density at radius 2 is 2.32 bits per heavy atom. The van der Waals surface area contributed by atoms with E-state index >= 15 is 0 Å². The molecule has 5 nitrogen and oxygen atoms in total. The van der Waals surface area contributed by atoms with Crippen molar-refractivity contribution in [3.63, 3.8) is 0 Å². The van der Waals surface area contributed by atoms with Gasteiger partial charge in [0, 0.05) is 24.7 Å². The van der Waals surface area contributed by atoms with E-state index in [2.05, 4.69) is 5.32 Å². The van der Waals surface area contributed by atoms with Crippen LogP contribution in [0.4, 0.5) is 14.9 Å². The van der Waals surface area contributed by atoms with E-state index < -0.39 is 5.82 Å². The fourth-order valence-electron chi connectivity index (χ4n) is 2.18. The molecule has 1 aliphatic heterocycles. The van der Waals surface area contributed by atoms with Crippen molar-refractivity contribution < 1.29 is 9.18 Å². The molecule has 2 amide bonds. The third-order valence-corrected chi connectivity index (χ3v) is 3.22. The second-order valence-corrected chi connectivity index (χ2v) is 4.68. The van der Waals surface area contributed by atoms with Gasteiger partial charge in [0.1, 0.15) is 5.82 Å². The van der Waals surface area contributed by atoms with Crippen molar-refractivity contribution >= 4 is 17.6 Å². The van der Waals surface area contributed by atoms with Gasteiger partial charge in [-0.3, -0.25) is 5.41 Å². The molecule has 1 heterocycles. The summed E-state index contributed by atoms with van der Waals surface area (Å²) < 4.78 is 13.0. The average Bonchev–Trinajstić information content (AvgIpc) is 2.39. The number of amides is 2. The van der Waals surface area contributed by atoms with Crippen LogP contribution in [0.1, 0.15) is 12.8 Å². The number of hydrogen-bond acceptors (Lipinski definition) is 2. The number of amidine groups is 1. The van der Waals surface area contributed by atoms with Crippen LogP contribution in [0.5, 0.6) is 0 Å². The van der Waals surface area contributed by atoms with Crippen LogP contribution < -0.4 is 11.1 Å². The zero-order valence-corrected chi connectivity index (χ0v) is 10.5. The Labute approximate surface area is 111 Å². The first-order valence-electron chi connectivity index (χ1n) is 6.21. The van der Waals surface area contributed by atoms with Crippen molar-refractivity contribution in [2.75, 3.05) is 18.4 Å². The minimum Gasteiger partial charge on any atom is -0.387 e. The first kappa shape index (κ1) is 13.3. The van der Waals surface area contributed by atoms with Crippen molar-refractivity contribution in [2.45, 2.75) is 12.8 Å². The average molecular weight is 264 g/mol. The van der Waals surface area contributed by atoms with Crippen molar-refractivity contribution in [3.05, 3.63) is 30.1 Å². The van der Waals surface area contributed by atoms with E-state index in [-0.39, 0.29) is 17.8 Å². The van der Waals surface area contributed by atoms with E-state index in [0.29, 0.717) is 18.8 Å². The number of benzene rings is 1. The predicted octanol–water partition coefficient (Wildman–Crippen LogP) is 2.01. The summed E-state index contributed by atoms with van der Waals surface area (Å²) >= 11 is 0. The highest BCUT2D eigenvalue weighted by atomic mass is 19.1. The minimum atomic E-state index is -0.391. The number of hydrogen-bond donors (Lipinski definition) is 3. The van der Waals surface area contributed by atoms with Crippen molar-refractivity contribution in [3.8, 4) is 0 Å². The van der Waals surface area contributed by atoms with E-state index in [1.54, 1.807) is 17.0 Å². The summed E-state index contributed by atoms with van der Waals surface area (Å²) in [7, 11) is 0. The van der Waals surface area contributed by atoms with Crippen molar-refractivity contribution in [1.29, 1.82) is 5.41 Å². The van der Waals surface area contributed by atoms with Crippen LogP contribution in [0.2, 0.25) is 0 Å². The summed E-state index contributed by atoms with van der Waals surface area (Å²) in [5.74, 6) is -0.353. The van der Waals surface area contributed by atoms with Crippen molar-refractivity contribution in [2.24, 2.45) is 11.7 Å². The molecule has 0 spiro atoms. The molecule has 1 atom stereocenters. The van der Waals surface area contributed by atoms with Crippen LogP contribution in [0.25, 0.3) is 0 Å². The van der Waals surface area contributed by atoms with E-state index in [1.165, 1.54) is 12.1 Å². The maximum Gasteiger partial charge on any atom is 0.321 e. The highest BCUT2D eigenvalue weighted by molar-refractivity contribution is 5.90. The SMILES string of the molecule is N=C(N)C1CCCN(C(=O)Nc2cccc(F)c2)C1. The molecule has 0 saturated carbocycles. The minimum absolute atomic E-state index is 0.0768. The highest BCUT2D eigenvalue weighted by Gasteiger charge is 2.25. The Balaban J connectivity index is 1.98. The number of nitrogens with zero attached hydrogens (tertiary/aromatic N) is 1. The number of carbonyl (C=O) groups excluding carboxylic acids is 1. The summed E-state index contributed by atoms with van der Waals surface area (Å²) in [6, 6.07) is 5.48. The number of nitrogens with two attached hydrogens (primary N) is 1. The largest absolute Gasteiger partial charge is 0.387 e. The van der Waals surface area contributed by atoms with Crippen LogP contribution in [0.15, 0.2) is 24.3 Å². The van der Waals surface area contributed by atoms with Gasteiger partial charge in [0.25, 0.3) is 0 Å². The molecule has 6 heteroatoms. The predicted molar refractivity (Wildman–Crippen MR) is 71.6 cm³/mol. The van der Waals surface area contributed by atoms with Crippen LogP contribution >= 0.6 is 0 Å². The lowest BCUT2D eigenvalue weighted by molar-refractivity contribution is 0.191. The van der Waals surface area contributed by atoms with Gasteiger partial charge in [0.15, 0.2) is 0 Å². The molecule has 0 aromatic heterocycles. The third-order valence-electron chi connectivity index (χ3n) is 3.22. The Morgan fingerprint density at radius 1 is 1.53 bits per heavy atom. The van der Waals surface area contributed by atoms with E-state index in [1.807, 2.05) is 0 Å². The van der Waals surface area contributed by atoms with Crippen LogP contribution in [-0.2, 0) is 0 Å². The maximum absolute atomic E-state index is 13.0. The summed E-state index contributed by atoms with van der Waals surface area (Å²) in [4.78, 5) is 13.6. The number of urea groups is 1. The van der Waals surface area contributed by atoms with Gasteiger partial charge in [-0.2, -0.15) is 0 Å². The standard InChI is InChI=1S/C13H17FN4O/c14-10-4-1-5-11(7-10)17-13(19)18-6-2-3-9(8-18)12(15)16/h1,4-5,7,9H,2-3,6,8H2,(H3,15,16)(H,17,19). The summed E-state index contributed by atoms with van der Waals surface area (Å²) in [6.07, 6.45) is 1.65. The fraction of sp³-hybridized carbons (Fsp3) is 0.385. The number of rotatable bonds is 2. The molecule has 1 aromatic carbocycles. The molecule has 1 fully saturated rings.